The molecule has 0 amide bonds. The van der Waals surface area contributed by atoms with E-state index in [2.05, 4.69) is 43.3 Å². The fraction of sp³-hybridized carbons (Fsp3) is 0.667. The third-order valence-electron chi connectivity index (χ3n) is 4.42. The van der Waals surface area contributed by atoms with Crippen molar-refractivity contribution in [1.29, 1.82) is 0 Å². The van der Waals surface area contributed by atoms with E-state index in [0.29, 0.717) is 5.41 Å². The first kappa shape index (κ1) is 15.3. The van der Waals surface area contributed by atoms with Crippen molar-refractivity contribution in [2.75, 3.05) is 39.9 Å². The Morgan fingerprint density at radius 1 is 1.52 bits per heavy atom. The SMILES string of the molecule is CN=C(NCCc1ccc(Br)s1)N1CCC2(CCOC2)C1. The average molecular weight is 372 g/mol. The van der Waals surface area contributed by atoms with Gasteiger partial charge in [-0.15, -0.1) is 11.3 Å². The summed E-state index contributed by atoms with van der Waals surface area (Å²) in [6, 6.07) is 4.29. The molecule has 6 heteroatoms. The summed E-state index contributed by atoms with van der Waals surface area (Å²) in [6.45, 7) is 4.95. The number of nitrogens with one attached hydrogen (secondary N) is 1. The zero-order valence-electron chi connectivity index (χ0n) is 12.4. The topological polar surface area (TPSA) is 36.9 Å². The van der Waals surface area contributed by atoms with Crippen LogP contribution < -0.4 is 5.32 Å². The predicted molar refractivity (Wildman–Crippen MR) is 91.1 cm³/mol. The van der Waals surface area contributed by atoms with Crippen LogP contribution in [0.15, 0.2) is 20.9 Å². The van der Waals surface area contributed by atoms with Crippen molar-refractivity contribution in [2.24, 2.45) is 10.4 Å². The van der Waals surface area contributed by atoms with Gasteiger partial charge < -0.3 is 15.0 Å². The van der Waals surface area contributed by atoms with E-state index in [4.69, 9.17) is 4.74 Å². The molecule has 1 aromatic heterocycles. The number of hydrogen-bond donors (Lipinski definition) is 1. The molecule has 1 N–H and O–H groups in total. The minimum atomic E-state index is 0.385. The number of rotatable bonds is 3. The van der Waals surface area contributed by atoms with Crippen LogP contribution in [-0.4, -0.2) is 50.8 Å². The van der Waals surface area contributed by atoms with Crippen LogP contribution in [0, 0.1) is 5.41 Å². The number of nitrogens with zero attached hydrogens (tertiary/aromatic N) is 2. The summed E-state index contributed by atoms with van der Waals surface area (Å²) < 4.78 is 6.79. The smallest absolute Gasteiger partial charge is 0.193 e. The Morgan fingerprint density at radius 2 is 2.43 bits per heavy atom. The quantitative estimate of drug-likeness (QED) is 0.655. The fourth-order valence-electron chi connectivity index (χ4n) is 3.20. The average Bonchev–Trinajstić information content (AvgIpc) is 3.19. The van der Waals surface area contributed by atoms with Gasteiger partial charge in [0.2, 0.25) is 0 Å². The molecule has 2 saturated heterocycles. The fourth-order valence-corrected chi connectivity index (χ4v) is 4.69. The van der Waals surface area contributed by atoms with Gasteiger partial charge in [0.15, 0.2) is 5.96 Å². The zero-order chi connectivity index (χ0) is 14.7. The van der Waals surface area contributed by atoms with Gasteiger partial charge in [-0.2, -0.15) is 0 Å². The van der Waals surface area contributed by atoms with Crippen LogP contribution in [0.4, 0.5) is 0 Å². The van der Waals surface area contributed by atoms with Gasteiger partial charge in [0.1, 0.15) is 0 Å². The highest BCUT2D eigenvalue weighted by Crippen LogP contribution is 2.38. The van der Waals surface area contributed by atoms with Crippen LogP contribution >= 0.6 is 27.3 Å². The van der Waals surface area contributed by atoms with E-state index in [0.717, 1.165) is 45.2 Å². The maximum atomic E-state index is 5.60. The van der Waals surface area contributed by atoms with Gasteiger partial charge in [0.25, 0.3) is 0 Å². The van der Waals surface area contributed by atoms with Crippen LogP contribution in [0.3, 0.4) is 0 Å². The Bertz CT molecular complexity index is 511. The lowest BCUT2D eigenvalue weighted by molar-refractivity contribution is 0.156. The van der Waals surface area contributed by atoms with Gasteiger partial charge in [-0.3, -0.25) is 4.99 Å². The number of likely N-dealkylation sites (tertiary alicyclic amines) is 1. The van der Waals surface area contributed by atoms with Crippen molar-refractivity contribution in [3.8, 4) is 0 Å². The monoisotopic (exact) mass is 371 g/mol. The summed E-state index contributed by atoms with van der Waals surface area (Å²) in [5.41, 5.74) is 0.385. The zero-order valence-corrected chi connectivity index (χ0v) is 14.8. The normalized spacial score (nSPS) is 26.0. The lowest BCUT2D eigenvalue weighted by atomic mass is 9.87. The minimum absolute atomic E-state index is 0.385. The molecule has 2 aliphatic rings. The number of guanidine groups is 1. The predicted octanol–water partition coefficient (Wildman–Crippen LogP) is 2.74. The molecule has 1 spiro atoms. The Hall–Kier alpha value is -0.590. The second kappa shape index (κ2) is 6.67. The van der Waals surface area contributed by atoms with E-state index in [-0.39, 0.29) is 0 Å². The summed E-state index contributed by atoms with van der Waals surface area (Å²) in [4.78, 5) is 8.23. The molecular formula is C15H22BrN3OS. The standard InChI is InChI=1S/C15H22BrN3OS/c1-17-14(18-7-4-12-2-3-13(16)21-12)19-8-5-15(10-19)6-9-20-11-15/h2-3H,4-11H2,1H3,(H,17,18). The van der Waals surface area contributed by atoms with E-state index in [1.54, 1.807) is 11.3 Å². The highest BCUT2D eigenvalue weighted by molar-refractivity contribution is 9.11. The Morgan fingerprint density at radius 3 is 3.10 bits per heavy atom. The van der Waals surface area contributed by atoms with Crippen LogP contribution in [0.2, 0.25) is 0 Å². The molecule has 1 aromatic rings. The highest BCUT2D eigenvalue weighted by atomic mass is 79.9. The van der Waals surface area contributed by atoms with Crippen molar-refractivity contribution in [1.82, 2.24) is 10.2 Å². The second-order valence-electron chi connectivity index (χ2n) is 5.90. The third kappa shape index (κ3) is 3.60. The summed E-state index contributed by atoms with van der Waals surface area (Å²) in [5, 5.41) is 3.50. The van der Waals surface area contributed by atoms with Crippen molar-refractivity contribution in [2.45, 2.75) is 19.3 Å². The van der Waals surface area contributed by atoms with E-state index in [1.807, 2.05) is 7.05 Å². The molecule has 116 valence electrons. The van der Waals surface area contributed by atoms with Crippen molar-refractivity contribution in [3.05, 3.63) is 20.8 Å². The Balaban J connectivity index is 1.49. The van der Waals surface area contributed by atoms with E-state index in [9.17, 15) is 0 Å². The molecule has 3 heterocycles. The van der Waals surface area contributed by atoms with Gasteiger partial charge in [0, 0.05) is 43.6 Å². The minimum Gasteiger partial charge on any atom is -0.381 e. The van der Waals surface area contributed by atoms with Crippen molar-refractivity contribution < 1.29 is 4.74 Å². The van der Waals surface area contributed by atoms with Crippen LogP contribution in [0.5, 0.6) is 0 Å². The highest BCUT2D eigenvalue weighted by Gasteiger charge is 2.42. The van der Waals surface area contributed by atoms with Gasteiger partial charge >= 0.3 is 0 Å². The molecule has 3 rings (SSSR count). The molecule has 0 aliphatic carbocycles. The molecule has 1 unspecified atom stereocenters. The first-order valence-corrected chi connectivity index (χ1v) is 9.09. The molecular weight excluding hydrogens is 350 g/mol. The summed E-state index contributed by atoms with van der Waals surface area (Å²) in [5.74, 6) is 1.04. The molecule has 0 aromatic carbocycles. The Labute approximate surface area is 138 Å². The largest absolute Gasteiger partial charge is 0.381 e. The number of halogens is 1. The summed E-state index contributed by atoms with van der Waals surface area (Å²) in [6.07, 6.45) is 3.46. The number of aliphatic imine (C=N–C) groups is 1. The number of hydrogen-bond acceptors (Lipinski definition) is 3. The van der Waals surface area contributed by atoms with E-state index < -0.39 is 0 Å². The molecule has 0 saturated carbocycles. The lowest BCUT2D eigenvalue weighted by Crippen LogP contribution is -2.42. The number of thiophene rings is 1. The second-order valence-corrected chi connectivity index (χ2v) is 8.45. The van der Waals surface area contributed by atoms with Crippen LogP contribution in [0.25, 0.3) is 0 Å². The van der Waals surface area contributed by atoms with Gasteiger partial charge in [0.05, 0.1) is 10.4 Å². The van der Waals surface area contributed by atoms with E-state index >= 15 is 0 Å². The van der Waals surface area contributed by atoms with Crippen LogP contribution in [0.1, 0.15) is 17.7 Å². The van der Waals surface area contributed by atoms with Gasteiger partial charge in [-0.1, -0.05) is 0 Å². The van der Waals surface area contributed by atoms with Crippen LogP contribution in [-0.2, 0) is 11.2 Å². The summed E-state index contributed by atoms with van der Waals surface area (Å²) >= 11 is 5.31. The lowest BCUT2D eigenvalue weighted by Gasteiger charge is -2.24. The molecule has 1 atom stereocenters. The molecule has 21 heavy (non-hydrogen) atoms. The molecule has 0 bridgehead atoms. The number of ether oxygens (including phenoxy) is 1. The molecule has 2 fully saturated rings. The van der Waals surface area contributed by atoms with Crippen molar-refractivity contribution in [3.63, 3.8) is 0 Å². The Kier molecular flexibility index (Phi) is 4.86. The molecule has 0 radical (unpaired) electrons. The third-order valence-corrected chi connectivity index (χ3v) is 6.10. The maximum Gasteiger partial charge on any atom is 0.193 e. The molecule has 4 nitrogen and oxygen atoms in total. The first-order valence-electron chi connectivity index (χ1n) is 7.48. The maximum absolute atomic E-state index is 5.60. The molecule has 2 aliphatic heterocycles. The van der Waals surface area contributed by atoms with E-state index in [1.165, 1.54) is 21.5 Å². The summed E-state index contributed by atoms with van der Waals surface area (Å²) in [7, 11) is 1.88. The van der Waals surface area contributed by atoms with Gasteiger partial charge in [-0.05, 0) is 47.3 Å². The van der Waals surface area contributed by atoms with Crippen molar-refractivity contribution >= 4 is 33.2 Å². The van der Waals surface area contributed by atoms with Gasteiger partial charge in [-0.25, -0.2) is 0 Å². The first-order chi connectivity index (χ1) is 10.2.